The normalized spacial score (nSPS) is 19.0. The molecule has 0 bridgehead atoms. The van der Waals surface area contributed by atoms with Crippen molar-refractivity contribution < 1.29 is 0 Å². The van der Waals surface area contributed by atoms with E-state index in [0.717, 1.165) is 31.9 Å². The Morgan fingerprint density at radius 2 is 1.56 bits per heavy atom. The molecule has 0 radical (unpaired) electrons. The van der Waals surface area contributed by atoms with E-state index in [1.165, 1.54) is 0 Å². The third-order valence-electron chi connectivity index (χ3n) is 4.28. The van der Waals surface area contributed by atoms with Gasteiger partial charge < -0.3 is 30.9 Å². The van der Waals surface area contributed by atoms with Gasteiger partial charge in [0.15, 0.2) is 0 Å². The van der Waals surface area contributed by atoms with Crippen LogP contribution < -0.4 is 25.9 Å². The third kappa shape index (κ3) is 3.10. The van der Waals surface area contributed by atoms with Crippen molar-refractivity contribution >= 4 is 28.7 Å². The molecule has 2 aliphatic heterocycles. The van der Waals surface area contributed by atoms with Crippen molar-refractivity contribution in [3.05, 3.63) is 58.9 Å². The van der Waals surface area contributed by atoms with E-state index in [0.29, 0.717) is 15.9 Å². The van der Waals surface area contributed by atoms with E-state index in [2.05, 4.69) is 20.6 Å². The van der Waals surface area contributed by atoms with E-state index in [1.807, 2.05) is 24.3 Å². The van der Waals surface area contributed by atoms with Crippen LogP contribution in [0.25, 0.3) is 0 Å². The van der Waals surface area contributed by atoms with Crippen LogP contribution in [0.2, 0.25) is 0 Å². The van der Waals surface area contributed by atoms with E-state index in [9.17, 15) is 10.4 Å². The number of rotatable bonds is 2. The summed E-state index contributed by atoms with van der Waals surface area (Å²) in [6.07, 6.45) is 0. The van der Waals surface area contributed by atoms with Crippen LogP contribution in [0.15, 0.2) is 53.5 Å². The second kappa shape index (κ2) is 6.60. The van der Waals surface area contributed by atoms with Gasteiger partial charge in [-0.05, 0) is 36.4 Å². The molecule has 2 aliphatic rings. The molecule has 130 valence electrons. The topological polar surface area (TPSA) is 92.3 Å². The fraction of sp³-hybridized carbons (Fsp3) is 0.235. The minimum atomic E-state index is -0.0522. The van der Waals surface area contributed by atoms with E-state index in [4.69, 9.17) is 0 Å². The number of aliphatic imine (C=N–C) groups is 1. The van der Waals surface area contributed by atoms with E-state index >= 15 is 0 Å². The molecule has 1 fully saturated rings. The maximum atomic E-state index is 12.4. The molecule has 0 aromatic heterocycles. The summed E-state index contributed by atoms with van der Waals surface area (Å²) in [6, 6.07) is 14.2. The van der Waals surface area contributed by atoms with Gasteiger partial charge in [-0.15, -0.1) is 0 Å². The highest BCUT2D eigenvalue weighted by Crippen LogP contribution is 2.31. The zero-order chi connectivity index (χ0) is 17.2. The van der Waals surface area contributed by atoms with Gasteiger partial charge in [0.05, 0.1) is 17.1 Å². The molecule has 8 nitrogen and oxygen atoms in total. The number of hydroxylamine groups is 1. The predicted molar refractivity (Wildman–Crippen MR) is 99.9 cm³/mol. The van der Waals surface area contributed by atoms with Crippen LogP contribution in [-0.2, 0) is 0 Å². The zero-order valence-electron chi connectivity index (χ0n) is 13.6. The molecule has 0 spiro atoms. The van der Waals surface area contributed by atoms with Crippen molar-refractivity contribution in [2.75, 3.05) is 41.3 Å². The minimum absolute atomic E-state index is 0.0522. The highest BCUT2D eigenvalue weighted by atomic mass is 16.6. The monoisotopic (exact) mass is 338 g/mol. The van der Waals surface area contributed by atoms with Crippen LogP contribution in [0.5, 0.6) is 0 Å². The highest BCUT2D eigenvalue weighted by molar-refractivity contribution is 6.04. The molecule has 2 N–H and O–H groups in total. The molecule has 1 saturated heterocycles. The molecule has 2 aromatic rings. The van der Waals surface area contributed by atoms with Gasteiger partial charge in [-0.1, -0.05) is 12.1 Å². The van der Waals surface area contributed by atoms with Gasteiger partial charge in [0, 0.05) is 31.9 Å². The van der Waals surface area contributed by atoms with Crippen molar-refractivity contribution in [2.24, 2.45) is 4.99 Å². The number of guanidine groups is 1. The third-order valence-corrected chi connectivity index (χ3v) is 4.28. The van der Waals surface area contributed by atoms with Gasteiger partial charge in [-0.2, -0.15) is 0 Å². The highest BCUT2D eigenvalue weighted by Gasteiger charge is 2.17. The summed E-state index contributed by atoms with van der Waals surface area (Å²) in [5.41, 5.74) is 4.74. The van der Waals surface area contributed by atoms with Crippen molar-refractivity contribution in [1.82, 2.24) is 10.7 Å². The molecule has 0 unspecified atom stereocenters. The number of para-hydroxylation sites is 2. The first-order valence-electron chi connectivity index (χ1n) is 8.17. The van der Waals surface area contributed by atoms with Gasteiger partial charge in [0.25, 0.3) is 0 Å². The second-order valence-electron chi connectivity index (χ2n) is 5.88. The van der Waals surface area contributed by atoms with E-state index < -0.39 is 0 Å². The molecule has 2 heterocycles. The lowest BCUT2D eigenvalue weighted by molar-refractivity contribution is 0.589. The number of piperazine rings is 1. The average Bonchev–Trinajstić information content (AvgIpc) is 2.67. The van der Waals surface area contributed by atoms with Crippen molar-refractivity contribution in [3.8, 4) is 0 Å². The van der Waals surface area contributed by atoms with E-state index in [1.54, 1.807) is 24.3 Å². The summed E-state index contributed by atoms with van der Waals surface area (Å²) >= 11 is 0. The molecule has 4 rings (SSSR count). The molecule has 0 aliphatic carbocycles. The number of hydrazine groups is 1. The quantitative estimate of drug-likeness (QED) is 0.864. The first-order chi connectivity index (χ1) is 12.2. The van der Waals surface area contributed by atoms with Gasteiger partial charge in [-0.3, -0.25) is 5.43 Å². The SMILES string of the molecule is [O-]N1NC(=Nc2ccc(N3CCNCC3)cc2)N([O-])c2ccccc21. The Balaban J connectivity index is 1.56. The van der Waals surface area contributed by atoms with Gasteiger partial charge in [0.1, 0.15) is 0 Å². The molecule has 2 aromatic carbocycles. The van der Waals surface area contributed by atoms with Crippen molar-refractivity contribution in [3.63, 3.8) is 0 Å². The predicted octanol–water partition coefficient (Wildman–Crippen LogP) is 1.91. The molecule has 0 amide bonds. The Hall–Kier alpha value is -2.81. The molecular weight excluding hydrogens is 320 g/mol. The Morgan fingerprint density at radius 1 is 0.880 bits per heavy atom. The van der Waals surface area contributed by atoms with Crippen molar-refractivity contribution in [1.29, 1.82) is 0 Å². The summed E-state index contributed by atoms with van der Waals surface area (Å²) in [4.78, 5) is 6.57. The van der Waals surface area contributed by atoms with Crippen LogP contribution >= 0.6 is 0 Å². The lowest BCUT2D eigenvalue weighted by Gasteiger charge is -2.46. The van der Waals surface area contributed by atoms with Crippen LogP contribution in [0.1, 0.15) is 0 Å². The Morgan fingerprint density at radius 3 is 2.28 bits per heavy atom. The second-order valence-corrected chi connectivity index (χ2v) is 5.88. The van der Waals surface area contributed by atoms with Gasteiger partial charge >= 0.3 is 0 Å². The average molecular weight is 338 g/mol. The standard InChI is InChI=1S/C17H18N6O2/c24-22-15-3-1-2-4-16(15)23(25)20-17(22)19-13-5-7-14(8-6-13)21-11-9-18-10-12-21/h1-8,18H,9-12H2,(H,19,20)/q-2. The smallest absolute Gasteiger partial charge is 0.211 e. The van der Waals surface area contributed by atoms with Crippen LogP contribution in [-0.4, -0.2) is 32.1 Å². The molecule has 0 atom stereocenters. The first-order valence-corrected chi connectivity index (χ1v) is 8.17. The number of hydrogen-bond acceptors (Lipinski definition) is 6. The van der Waals surface area contributed by atoms with Gasteiger partial charge in [-0.25, -0.2) is 4.99 Å². The first kappa shape index (κ1) is 15.7. The number of nitrogens with zero attached hydrogens (tertiary/aromatic N) is 4. The molecule has 8 heteroatoms. The van der Waals surface area contributed by atoms with E-state index in [-0.39, 0.29) is 17.3 Å². The number of benzene rings is 2. The summed E-state index contributed by atoms with van der Waals surface area (Å²) in [5, 5.41) is 29.0. The molecular formula is C17H18N6O2-2. The summed E-state index contributed by atoms with van der Waals surface area (Å²) < 4.78 is 0. The maximum Gasteiger partial charge on any atom is 0.211 e. The number of anilines is 3. The van der Waals surface area contributed by atoms with Crippen molar-refractivity contribution in [2.45, 2.75) is 0 Å². The lowest BCUT2D eigenvalue weighted by atomic mass is 10.2. The summed E-state index contributed by atoms with van der Waals surface area (Å²) in [6.45, 7) is 3.87. The van der Waals surface area contributed by atoms with Crippen LogP contribution in [0.3, 0.4) is 0 Å². The van der Waals surface area contributed by atoms with Crippen LogP contribution in [0, 0.1) is 10.4 Å². The van der Waals surface area contributed by atoms with Crippen LogP contribution in [0.4, 0.5) is 22.7 Å². The summed E-state index contributed by atoms with van der Waals surface area (Å²) in [5.74, 6) is -0.0522. The summed E-state index contributed by atoms with van der Waals surface area (Å²) in [7, 11) is 0. The Bertz CT molecular complexity index is 773. The zero-order valence-corrected chi connectivity index (χ0v) is 13.6. The number of fused-ring (bicyclic) bond motifs is 1. The Labute approximate surface area is 145 Å². The Kier molecular flexibility index (Phi) is 4.14. The minimum Gasteiger partial charge on any atom is -0.752 e. The number of nitrogens with one attached hydrogen (secondary N) is 2. The fourth-order valence-corrected chi connectivity index (χ4v) is 2.97. The number of hydrogen-bond donors (Lipinski definition) is 2. The molecule has 25 heavy (non-hydrogen) atoms. The maximum absolute atomic E-state index is 12.4. The molecule has 0 saturated carbocycles. The van der Waals surface area contributed by atoms with Gasteiger partial charge in [0.2, 0.25) is 5.96 Å². The fourth-order valence-electron chi connectivity index (χ4n) is 2.97. The lowest BCUT2D eigenvalue weighted by Crippen LogP contribution is -2.50. The largest absolute Gasteiger partial charge is 0.752 e.